The molecule has 4 nitrogen and oxygen atoms in total. The molecular formula is C20H26IN3O. The number of aliphatic imine (C=N–C) groups is 1. The highest BCUT2D eigenvalue weighted by molar-refractivity contribution is 14.0. The summed E-state index contributed by atoms with van der Waals surface area (Å²) in [6, 6.07) is 20.6. The summed E-state index contributed by atoms with van der Waals surface area (Å²) < 4.78 is 5.72. The molecule has 2 aromatic rings. The van der Waals surface area contributed by atoms with Crippen LogP contribution in [0.4, 0.5) is 0 Å². The van der Waals surface area contributed by atoms with Crippen molar-refractivity contribution in [2.75, 3.05) is 33.3 Å². The molecular weight excluding hydrogens is 425 g/mol. The molecule has 1 heterocycles. The van der Waals surface area contributed by atoms with Crippen LogP contribution in [0.25, 0.3) is 0 Å². The summed E-state index contributed by atoms with van der Waals surface area (Å²) in [6.45, 7) is 3.43. The predicted octanol–water partition coefficient (Wildman–Crippen LogP) is 3.75. The first kappa shape index (κ1) is 19.6. The summed E-state index contributed by atoms with van der Waals surface area (Å²) in [6.07, 6.45) is 1.17. The second-order valence-electron chi connectivity index (χ2n) is 5.98. The van der Waals surface area contributed by atoms with Crippen molar-refractivity contribution in [2.45, 2.75) is 12.3 Å². The van der Waals surface area contributed by atoms with Crippen LogP contribution in [0.1, 0.15) is 17.9 Å². The molecule has 0 bridgehead atoms. The maximum absolute atomic E-state index is 5.72. The fourth-order valence-electron chi connectivity index (χ4n) is 3.13. The van der Waals surface area contributed by atoms with Crippen LogP contribution in [0.5, 0.6) is 5.75 Å². The molecule has 0 saturated carbocycles. The minimum Gasteiger partial charge on any atom is -0.492 e. The Morgan fingerprint density at radius 2 is 1.80 bits per heavy atom. The smallest absolute Gasteiger partial charge is 0.193 e. The number of benzene rings is 2. The fourth-order valence-corrected chi connectivity index (χ4v) is 3.13. The first-order valence-electron chi connectivity index (χ1n) is 8.55. The van der Waals surface area contributed by atoms with E-state index in [1.165, 1.54) is 12.0 Å². The van der Waals surface area contributed by atoms with E-state index in [1.54, 1.807) is 0 Å². The Morgan fingerprint density at radius 1 is 1.12 bits per heavy atom. The van der Waals surface area contributed by atoms with Gasteiger partial charge in [0, 0.05) is 26.1 Å². The lowest BCUT2D eigenvalue weighted by molar-refractivity contribution is 0.319. The zero-order valence-electron chi connectivity index (χ0n) is 14.6. The van der Waals surface area contributed by atoms with Crippen molar-refractivity contribution in [3.8, 4) is 5.75 Å². The molecule has 3 rings (SSSR count). The number of hydrogen-bond donors (Lipinski definition) is 1. The third-order valence-electron chi connectivity index (χ3n) is 4.37. The van der Waals surface area contributed by atoms with Crippen LogP contribution in [0.2, 0.25) is 0 Å². The van der Waals surface area contributed by atoms with Crippen molar-refractivity contribution in [1.82, 2.24) is 10.2 Å². The fraction of sp³-hybridized carbons (Fsp3) is 0.350. The van der Waals surface area contributed by atoms with Crippen molar-refractivity contribution in [3.05, 3.63) is 66.2 Å². The van der Waals surface area contributed by atoms with E-state index in [0.717, 1.165) is 31.3 Å². The number of hydrogen-bond acceptors (Lipinski definition) is 2. The molecule has 0 radical (unpaired) electrons. The molecule has 1 saturated heterocycles. The lowest BCUT2D eigenvalue weighted by atomic mass is 9.99. The van der Waals surface area contributed by atoms with Gasteiger partial charge in [-0.15, -0.1) is 24.0 Å². The Hall–Kier alpha value is -1.76. The van der Waals surface area contributed by atoms with Gasteiger partial charge in [-0.2, -0.15) is 0 Å². The normalized spacial score (nSPS) is 17.1. The first-order chi connectivity index (χ1) is 11.9. The van der Waals surface area contributed by atoms with Gasteiger partial charge in [-0.1, -0.05) is 48.5 Å². The van der Waals surface area contributed by atoms with E-state index < -0.39 is 0 Å². The van der Waals surface area contributed by atoms with E-state index in [2.05, 4.69) is 45.5 Å². The molecule has 1 N–H and O–H groups in total. The van der Waals surface area contributed by atoms with Crippen molar-refractivity contribution in [2.24, 2.45) is 4.99 Å². The molecule has 0 amide bonds. The standard InChI is InChI=1S/C20H25N3O.HI/c1-21-20(22-13-15-24-19-10-6-3-7-11-19)23-14-12-18(16-23)17-8-4-2-5-9-17;/h2-11,18H,12-16H2,1H3,(H,21,22);1H. The highest BCUT2D eigenvalue weighted by atomic mass is 127. The summed E-state index contributed by atoms with van der Waals surface area (Å²) in [5, 5.41) is 3.40. The second kappa shape index (κ2) is 10.3. The highest BCUT2D eigenvalue weighted by Gasteiger charge is 2.25. The largest absolute Gasteiger partial charge is 0.492 e. The van der Waals surface area contributed by atoms with Crippen LogP contribution in [0.3, 0.4) is 0 Å². The van der Waals surface area contributed by atoms with E-state index in [4.69, 9.17) is 4.74 Å². The number of guanidine groups is 1. The molecule has 0 aliphatic carbocycles. The molecule has 2 aromatic carbocycles. The van der Waals surface area contributed by atoms with E-state index in [1.807, 2.05) is 37.4 Å². The van der Waals surface area contributed by atoms with Gasteiger partial charge in [0.1, 0.15) is 12.4 Å². The van der Waals surface area contributed by atoms with Gasteiger partial charge < -0.3 is 15.0 Å². The monoisotopic (exact) mass is 451 g/mol. The molecule has 25 heavy (non-hydrogen) atoms. The number of para-hydroxylation sites is 1. The van der Waals surface area contributed by atoms with Crippen LogP contribution in [-0.2, 0) is 0 Å². The number of likely N-dealkylation sites (tertiary alicyclic amines) is 1. The Bertz CT molecular complexity index is 649. The molecule has 1 atom stereocenters. The number of nitrogens with zero attached hydrogens (tertiary/aromatic N) is 2. The maximum atomic E-state index is 5.72. The minimum atomic E-state index is 0. The van der Waals surface area contributed by atoms with Crippen molar-refractivity contribution < 1.29 is 4.74 Å². The van der Waals surface area contributed by atoms with E-state index in [-0.39, 0.29) is 24.0 Å². The summed E-state index contributed by atoms with van der Waals surface area (Å²) in [4.78, 5) is 6.75. The summed E-state index contributed by atoms with van der Waals surface area (Å²) in [5.41, 5.74) is 1.42. The lowest BCUT2D eigenvalue weighted by Gasteiger charge is -2.22. The third-order valence-corrected chi connectivity index (χ3v) is 4.37. The topological polar surface area (TPSA) is 36.9 Å². The van der Waals surface area contributed by atoms with Crippen molar-refractivity contribution in [3.63, 3.8) is 0 Å². The van der Waals surface area contributed by atoms with Crippen LogP contribution in [0, 0.1) is 0 Å². The molecule has 0 aromatic heterocycles. The molecule has 5 heteroatoms. The van der Waals surface area contributed by atoms with Gasteiger partial charge in [-0.05, 0) is 24.1 Å². The van der Waals surface area contributed by atoms with Crippen LogP contribution >= 0.6 is 24.0 Å². The highest BCUT2D eigenvalue weighted by Crippen LogP contribution is 2.26. The van der Waals surface area contributed by atoms with Gasteiger partial charge in [0.25, 0.3) is 0 Å². The number of rotatable bonds is 5. The van der Waals surface area contributed by atoms with Crippen LogP contribution < -0.4 is 10.1 Å². The van der Waals surface area contributed by atoms with E-state index in [0.29, 0.717) is 12.5 Å². The van der Waals surface area contributed by atoms with Crippen LogP contribution in [0.15, 0.2) is 65.7 Å². The van der Waals surface area contributed by atoms with Gasteiger partial charge in [0.15, 0.2) is 5.96 Å². The van der Waals surface area contributed by atoms with E-state index >= 15 is 0 Å². The van der Waals surface area contributed by atoms with Gasteiger partial charge in [-0.3, -0.25) is 4.99 Å². The zero-order valence-corrected chi connectivity index (χ0v) is 16.9. The summed E-state index contributed by atoms with van der Waals surface area (Å²) in [5.74, 6) is 2.45. The Morgan fingerprint density at radius 3 is 2.48 bits per heavy atom. The molecule has 1 aliphatic heterocycles. The van der Waals surface area contributed by atoms with Gasteiger partial charge in [0.05, 0.1) is 6.54 Å². The number of ether oxygens (including phenoxy) is 1. The molecule has 0 spiro atoms. The molecule has 1 aliphatic rings. The number of nitrogens with one attached hydrogen (secondary N) is 1. The third kappa shape index (κ3) is 5.63. The lowest BCUT2D eigenvalue weighted by Crippen LogP contribution is -2.41. The first-order valence-corrected chi connectivity index (χ1v) is 8.55. The Labute approximate surface area is 167 Å². The van der Waals surface area contributed by atoms with Gasteiger partial charge >= 0.3 is 0 Å². The average molecular weight is 451 g/mol. The van der Waals surface area contributed by atoms with Crippen molar-refractivity contribution >= 4 is 29.9 Å². The minimum absolute atomic E-state index is 0. The predicted molar refractivity (Wildman–Crippen MR) is 114 cm³/mol. The summed E-state index contributed by atoms with van der Waals surface area (Å²) >= 11 is 0. The van der Waals surface area contributed by atoms with Crippen molar-refractivity contribution in [1.29, 1.82) is 0 Å². The van der Waals surface area contributed by atoms with Gasteiger partial charge in [-0.25, -0.2) is 0 Å². The quantitative estimate of drug-likeness (QED) is 0.326. The molecule has 134 valence electrons. The molecule has 1 fully saturated rings. The van der Waals surface area contributed by atoms with E-state index in [9.17, 15) is 0 Å². The second-order valence-corrected chi connectivity index (χ2v) is 5.98. The number of halogens is 1. The van der Waals surface area contributed by atoms with Crippen LogP contribution in [-0.4, -0.2) is 44.1 Å². The van der Waals surface area contributed by atoms with Gasteiger partial charge in [0.2, 0.25) is 0 Å². The zero-order chi connectivity index (χ0) is 16.6. The Kier molecular flexibility index (Phi) is 8.04. The Balaban J connectivity index is 0.00000225. The maximum Gasteiger partial charge on any atom is 0.193 e. The average Bonchev–Trinajstić information content (AvgIpc) is 3.13. The SMILES string of the molecule is CN=C(NCCOc1ccccc1)N1CCC(c2ccccc2)C1.I. The molecule has 1 unspecified atom stereocenters. The summed E-state index contributed by atoms with van der Waals surface area (Å²) in [7, 11) is 1.84.